The minimum absolute atomic E-state index is 0.00947. The lowest BCUT2D eigenvalue weighted by molar-refractivity contribution is 0.0974. The van der Waals surface area contributed by atoms with Crippen LogP contribution in [-0.2, 0) is 0 Å². The third-order valence-electron chi connectivity index (χ3n) is 3.08. The van der Waals surface area contributed by atoms with E-state index in [9.17, 15) is 4.79 Å². The number of ketones is 1. The average Bonchev–Trinajstić information content (AvgIpc) is 2.37. The van der Waals surface area contributed by atoms with Gasteiger partial charge >= 0.3 is 0 Å². The van der Waals surface area contributed by atoms with Crippen LogP contribution in [-0.4, -0.2) is 10.8 Å². The normalized spacial score (nSPS) is 10.7. The first-order valence-electron chi connectivity index (χ1n) is 6.99. The zero-order chi connectivity index (χ0) is 14.1. The number of carbonyl (C=O) groups excluding carboxylic acids is 1. The highest BCUT2D eigenvalue weighted by Crippen LogP contribution is 2.20. The molecule has 2 nitrogen and oxygen atoms in total. The van der Waals surface area contributed by atoms with Crippen molar-refractivity contribution in [3.8, 4) is 0 Å². The molecule has 0 aliphatic carbocycles. The molecule has 106 valence electrons. The summed E-state index contributed by atoms with van der Waals surface area (Å²) >= 11 is 11.7. The summed E-state index contributed by atoms with van der Waals surface area (Å²) in [5.41, 5.74) is 0.344. The van der Waals surface area contributed by atoms with Gasteiger partial charge in [0.25, 0.3) is 0 Å². The van der Waals surface area contributed by atoms with E-state index in [1.54, 1.807) is 6.07 Å². The highest BCUT2D eigenvalue weighted by atomic mass is 35.5. The summed E-state index contributed by atoms with van der Waals surface area (Å²) in [5, 5.41) is 0.804. The maximum Gasteiger partial charge on any atom is 0.182 e. The van der Waals surface area contributed by atoms with Crippen LogP contribution in [0.5, 0.6) is 0 Å². The smallest absolute Gasteiger partial charge is 0.182 e. The second-order valence-electron chi connectivity index (χ2n) is 4.78. The minimum atomic E-state index is 0.00947. The Balaban J connectivity index is 2.24. The number of carbonyl (C=O) groups is 1. The molecule has 0 atom stereocenters. The summed E-state index contributed by atoms with van der Waals surface area (Å²) in [4.78, 5) is 15.9. The molecule has 19 heavy (non-hydrogen) atoms. The molecule has 0 spiro atoms. The summed E-state index contributed by atoms with van der Waals surface area (Å²) in [6.07, 6.45) is 10.3. The Kier molecular flexibility index (Phi) is 8.08. The fourth-order valence-corrected chi connectivity index (χ4v) is 2.47. The van der Waals surface area contributed by atoms with Crippen molar-refractivity contribution in [2.45, 2.75) is 58.3 Å². The van der Waals surface area contributed by atoms with Crippen molar-refractivity contribution in [1.29, 1.82) is 0 Å². The van der Waals surface area contributed by atoms with E-state index in [2.05, 4.69) is 11.9 Å². The van der Waals surface area contributed by atoms with E-state index in [-0.39, 0.29) is 5.78 Å². The second kappa shape index (κ2) is 9.33. The molecular formula is C15H21Cl2NO. The predicted molar refractivity (Wildman–Crippen MR) is 81.2 cm³/mol. The van der Waals surface area contributed by atoms with E-state index in [1.165, 1.54) is 38.3 Å². The van der Waals surface area contributed by atoms with Crippen molar-refractivity contribution >= 4 is 29.0 Å². The molecule has 0 saturated carbocycles. The third-order valence-corrected chi connectivity index (χ3v) is 3.57. The monoisotopic (exact) mass is 301 g/mol. The van der Waals surface area contributed by atoms with Gasteiger partial charge in [-0.2, -0.15) is 0 Å². The molecule has 0 unspecified atom stereocenters. The Morgan fingerprint density at radius 3 is 2.37 bits per heavy atom. The molecule has 0 aliphatic rings. The molecule has 0 saturated heterocycles. The van der Waals surface area contributed by atoms with E-state index < -0.39 is 0 Å². The SMILES string of the molecule is CCCCCCCCCC(=O)c1ncc(Cl)cc1Cl. The minimum Gasteiger partial charge on any atom is -0.292 e. The number of hydrogen-bond acceptors (Lipinski definition) is 2. The average molecular weight is 302 g/mol. The van der Waals surface area contributed by atoms with Crippen molar-refractivity contribution in [1.82, 2.24) is 4.98 Å². The van der Waals surface area contributed by atoms with Crippen LogP contribution in [0.3, 0.4) is 0 Å². The number of Topliss-reactive ketones (excluding diaryl/α,β-unsaturated/α-hetero) is 1. The number of nitrogens with zero attached hydrogens (tertiary/aromatic N) is 1. The van der Waals surface area contributed by atoms with Crippen LogP contribution in [0.15, 0.2) is 12.3 Å². The Hall–Kier alpha value is -0.600. The van der Waals surface area contributed by atoms with Gasteiger partial charge in [-0.25, -0.2) is 0 Å². The van der Waals surface area contributed by atoms with Gasteiger partial charge in [-0.1, -0.05) is 68.7 Å². The van der Waals surface area contributed by atoms with E-state index in [1.807, 2.05) is 0 Å². The Morgan fingerprint density at radius 1 is 1.11 bits per heavy atom. The topological polar surface area (TPSA) is 30.0 Å². The van der Waals surface area contributed by atoms with Gasteiger partial charge in [0, 0.05) is 12.6 Å². The van der Waals surface area contributed by atoms with Gasteiger partial charge < -0.3 is 0 Å². The number of aromatic nitrogens is 1. The highest BCUT2D eigenvalue weighted by Gasteiger charge is 2.11. The fourth-order valence-electron chi connectivity index (χ4n) is 1.98. The molecule has 1 heterocycles. The summed E-state index contributed by atoms with van der Waals surface area (Å²) in [7, 11) is 0. The van der Waals surface area contributed by atoms with Crippen molar-refractivity contribution in [3.05, 3.63) is 28.0 Å². The summed E-state index contributed by atoms with van der Waals surface area (Å²) in [5.74, 6) is 0.00947. The highest BCUT2D eigenvalue weighted by molar-refractivity contribution is 6.36. The molecule has 0 amide bonds. The molecule has 4 heteroatoms. The Labute approximate surface area is 125 Å². The third kappa shape index (κ3) is 6.40. The standard InChI is InChI=1S/C15H21Cl2NO/c1-2-3-4-5-6-7-8-9-14(19)15-13(17)10-12(16)11-18-15/h10-11H,2-9H2,1H3. The first-order valence-corrected chi connectivity index (χ1v) is 7.75. The lowest BCUT2D eigenvalue weighted by Crippen LogP contribution is -2.03. The van der Waals surface area contributed by atoms with Gasteiger partial charge in [0.2, 0.25) is 0 Å². The fraction of sp³-hybridized carbons (Fsp3) is 0.600. The zero-order valence-electron chi connectivity index (χ0n) is 11.4. The molecule has 1 aromatic heterocycles. The van der Waals surface area contributed by atoms with Crippen molar-refractivity contribution in [2.75, 3.05) is 0 Å². The molecule has 1 aromatic rings. The van der Waals surface area contributed by atoms with Crippen LogP contribution in [0, 0.1) is 0 Å². The van der Waals surface area contributed by atoms with Gasteiger partial charge in [0.1, 0.15) is 5.69 Å². The van der Waals surface area contributed by atoms with E-state index in [0.29, 0.717) is 22.2 Å². The first kappa shape index (κ1) is 16.5. The van der Waals surface area contributed by atoms with Crippen molar-refractivity contribution < 1.29 is 4.79 Å². The van der Waals surface area contributed by atoms with Gasteiger partial charge in [0.05, 0.1) is 10.0 Å². The molecule has 1 rings (SSSR count). The molecule has 0 aliphatic heterocycles. The molecular weight excluding hydrogens is 281 g/mol. The van der Waals surface area contributed by atoms with E-state index >= 15 is 0 Å². The number of rotatable bonds is 9. The van der Waals surface area contributed by atoms with Gasteiger partial charge in [-0.15, -0.1) is 0 Å². The molecule has 0 bridgehead atoms. The largest absolute Gasteiger partial charge is 0.292 e. The van der Waals surface area contributed by atoms with Crippen molar-refractivity contribution in [3.63, 3.8) is 0 Å². The first-order chi connectivity index (χ1) is 9.15. The number of pyridine rings is 1. The number of unbranched alkanes of at least 4 members (excludes halogenated alkanes) is 6. The maximum absolute atomic E-state index is 11.9. The predicted octanol–water partition coefficient (Wildman–Crippen LogP) is 5.71. The van der Waals surface area contributed by atoms with Crippen LogP contribution in [0.4, 0.5) is 0 Å². The Morgan fingerprint density at radius 2 is 1.74 bits per heavy atom. The lowest BCUT2D eigenvalue weighted by atomic mass is 10.1. The summed E-state index contributed by atoms with van der Waals surface area (Å²) < 4.78 is 0. The molecule has 0 N–H and O–H groups in total. The van der Waals surface area contributed by atoms with E-state index in [0.717, 1.165) is 12.8 Å². The van der Waals surface area contributed by atoms with Crippen LogP contribution in [0.1, 0.15) is 68.8 Å². The number of hydrogen-bond donors (Lipinski definition) is 0. The van der Waals surface area contributed by atoms with Crippen LogP contribution in [0.25, 0.3) is 0 Å². The molecule has 0 aromatic carbocycles. The van der Waals surface area contributed by atoms with Gasteiger partial charge in [-0.05, 0) is 12.5 Å². The second-order valence-corrected chi connectivity index (χ2v) is 5.62. The van der Waals surface area contributed by atoms with Crippen LogP contribution >= 0.6 is 23.2 Å². The zero-order valence-corrected chi connectivity index (χ0v) is 12.9. The number of halogens is 2. The van der Waals surface area contributed by atoms with Crippen LogP contribution in [0.2, 0.25) is 10.0 Å². The summed E-state index contributed by atoms with van der Waals surface area (Å²) in [6, 6.07) is 1.56. The maximum atomic E-state index is 11.9. The van der Waals surface area contributed by atoms with E-state index in [4.69, 9.17) is 23.2 Å². The van der Waals surface area contributed by atoms with Gasteiger partial charge in [0.15, 0.2) is 5.78 Å². The Bertz CT molecular complexity index is 407. The molecule has 0 fully saturated rings. The van der Waals surface area contributed by atoms with Crippen LogP contribution < -0.4 is 0 Å². The molecule has 0 radical (unpaired) electrons. The lowest BCUT2D eigenvalue weighted by Gasteiger charge is -2.03. The van der Waals surface area contributed by atoms with Gasteiger partial charge in [-0.3, -0.25) is 9.78 Å². The summed E-state index contributed by atoms with van der Waals surface area (Å²) in [6.45, 7) is 2.21. The quantitative estimate of drug-likeness (QED) is 0.432. The van der Waals surface area contributed by atoms with Crippen molar-refractivity contribution in [2.24, 2.45) is 0 Å².